The number of benzene rings is 2. The van der Waals surface area contributed by atoms with Crippen molar-refractivity contribution in [2.45, 2.75) is 54.5 Å². The van der Waals surface area contributed by atoms with E-state index >= 15 is 0 Å². The Morgan fingerprint density at radius 3 is 2.32 bits per heavy atom. The maximum atomic E-state index is 12.3. The number of amides is 1. The molecule has 1 fully saturated rings. The Bertz CT molecular complexity index is 906. The van der Waals surface area contributed by atoms with Crippen LogP contribution in [0.2, 0.25) is 0 Å². The van der Waals surface area contributed by atoms with Crippen LogP contribution in [0, 0.1) is 0 Å². The third-order valence-electron chi connectivity index (χ3n) is 4.77. The molecule has 150 valence electrons. The Kier molecular flexibility index (Phi) is 6.80. The highest BCUT2D eigenvalue weighted by Gasteiger charge is 2.27. The summed E-state index contributed by atoms with van der Waals surface area (Å²) in [4.78, 5) is 13.7. The van der Waals surface area contributed by atoms with Gasteiger partial charge in [-0.3, -0.25) is 4.79 Å². The van der Waals surface area contributed by atoms with E-state index in [1.54, 1.807) is 36.0 Å². The summed E-state index contributed by atoms with van der Waals surface area (Å²) in [5.41, 5.74) is 2.02. The van der Waals surface area contributed by atoms with Gasteiger partial charge in [-0.1, -0.05) is 24.3 Å². The highest BCUT2D eigenvalue weighted by molar-refractivity contribution is 7.98. The summed E-state index contributed by atoms with van der Waals surface area (Å²) in [6.07, 6.45) is 4.78. The van der Waals surface area contributed by atoms with Crippen molar-refractivity contribution < 1.29 is 13.2 Å². The van der Waals surface area contributed by atoms with Crippen molar-refractivity contribution in [3.63, 3.8) is 0 Å². The summed E-state index contributed by atoms with van der Waals surface area (Å²) in [6, 6.07) is 15.0. The summed E-state index contributed by atoms with van der Waals surface area (Å²) >= 11 is 1.69. The summed E-state index contributed by atoms with van der Waals surface area (Å²) < 4.78 is 27.0. The van der Waals surface area contributed by atoms with Gasteiger partial charge in [-0.2, -0.15) is 0 Å². The Morgan fingerprint density at radius 1 is 1.11 bits per heavy atom. The molecule has 3 rings (SSSR count). The molecule has 1 saturated carbocycles. The van der Waals surface area contributed by atoms with Gasteiger partial charge in [0.2, 0.25) is 15.9 Å². The predicted molar refractivity (Wildman–Crippen MR) is 113 cm³/mol. The van der Waals surface area contributed by atoms with Gasteiger partial charge in [0.25, 0.3) is 0 Å². The maximum absolute atomic E-state index is 12.3. The first kappa shape index (κ1) is 20.9. The molecule has 2 aromatic carbocycles. The minimum atomic E-state index is -3.43. The molecule has 1 aliphatic carbocycles. The molecule has 0 unspecified atom stereocenters. The first-order chi connectivity index (χ1) is 13.4. The van der Waals surface area contributed by atoms with E-state index in [4.69, 9.17) is 0 Å². The van der Waals surface area contributed by atoms with E-state index in [1.807, 2.05) is 25.3 Å². The Morgan fingerprint density at radius 2 is 1.75 bits per heavy atom. The lowest BCUT2D eigenvalue weighted by Gasteiger charge is -2.15. The molecule has 28 heavy (non-hydrogen) atoms. The number of hydrogen-bond acceptors (Lipinski definition) is 4. The number of sulfonamides is 1. The van der Waals surface area contributed by atoms with Crippen LogP contribution in [-0.2, 0) is 21.2 Å². The third kappa shape index (κ3) is 5.83. The van der Waals surface area contributed by atoms with E-state index in [0.717, 1.165) is 24.0 Å². The Balaban J connectivity index is 1.49. The normalized spacial score (nSPS) is 15.2. The van der Waals surface area contributed by atoms with Crippen LogP contribution >= 0.6 is 11.8 Å². The van der Waals surface area contributed by atoms with Crippen molar-refractivity contribution in [1.82, 2.24) is 10.0 Å². The van der Waals surface area contributed by atoms with Gasteiger partial charge in [-0.05, 0) is 67.8 Å². The van der Waals surface area contributed by atoms with Crippen molar-refractivity contribution >= 4 is 27.7 Å². The van der Waals surface area contributed by atoms with Gasteiger partial charge in [0.05, 0.1) is 10.9 Å². The zero-order valence-corrected chi connectivity index (χ0v) is 17.8. The lowest BCUT2D eigenvalue weighted by atomic mass is 10.1. The summed E-state index contributed by atoms with van der Waals surface area (Å²) in [7, 11) is -3.43. The predicted octanol–water partition coefficient (Wildman–Crippen LogP) is 3.66. The molecule has 1 atom stereocenters. The molecule has 1 aliphatic rings. The number of rotatable bonds is 9. The Labute approximate surface area is 171 Å². The van der Waals surface area contributed by atoms with Crippen molar-refractivity contribution in [2.75, 3.05) is 6.26 Å². The molecule has 0 aliphatic heterocycles. The number of hydrogen-bond donors (Lipinski definition) is 2. The highest BCUT2D eigenvalue weighted by atomic mass is 32.2. The van der Waals surface area contributed by atoms with E-state index < -0.39 is 10.0 Å². The molecule has 0 aromatic heterocycles. The molecule has 2 N–H and O–H groups in total. The Hall–Kier alpha value is -1.83. The first-order valence-electron chi connectivity index (χ1n) is 9.42. The summed E-state index contributed by atoms with van der Waals surface area (Å²) in [5.74, 6) is -0.0199. The lowest BCUT2D eigenvalue weighted by molar-refractivity contribution is -0.121. The quantitative estimate of drug-likeness (QED) is 0.610. The molecular weight excluding hydrogens is 392 g/mol. The van der Waals surface area contributed by atoms with Gasteiger partial charge in [0.1, 0.15) is 0 Å². The second-order valence-electron chi connectivity index (χ2n) is 7.10. The standard InChI is InChI=1S/C21H26N2O3S2/c1-15(17-6-10-19(27-2)11-7-17)22-21(24)14-5-16-3-12-20(13-4-16)28(25,26)23-18-8-9-18/h3-4,6-7,10-13,15,18,23H,5,8-9,14H2,1-2H3,(H,22,24)/t15-/m0/s1. The molecule has 0 heterocycles. The number of carbonyl (C=O) groups excluding carboxylic acids is 1. The van der Waals surface area contributed by atoms with Crippen LogP contribution in [0.3, 0.4) is 0 Å². The maximum Gasteiger partial charge on any atom is 0.240 e. The molecule has 2 aromatic rings. The zero-order chi connectivity index (χ0) is 20.1. The van der Waals surface area contributed by atoms with Gasteiger partial charge in [-0.15, -0.1) is 11.8 Å². The largest absolute Gasteiger partial charge is 0.350 e. The van der Waals surface area contributed by atoms with Crippen LogP contribution in [0.5, 0.6) is 0 Å². The first-order valence-corrected chi connectivity index (χ1v) is 12.1. The highest BCUT2D eigenvalue weighted by Crippen LogP contribution is 2.22. The van der Waals surface area contributed by atoms with Crippen molar-refractivity contribution in [3.8, 4) is 0 Å². The van der Waals surface area contributed by atoms with Crippen LogP contribution < -0.4 is 10.0 Å². The summed E-state index contributed by atoms with van der Waals surface area (Å²) in [5, 5.41) is 3.02. The summed E-state index contributed by atoms with van der Waals surface area (Å²) in [6.45, 7) is 1.97. The fraction of sp³-hybridized carbons (Fsp3) is 0.381. The van der Waals surface area contributed by atoms with Crippen molar-refractivity contribution in [2.24, 2.45) is 0 Å². The van der Waals surface area contributed by atoms with Gasteiger partial charge in [0, 0.05) is 17.4 Å². The van der Waals surface area contributed by atoms with Gasteiger partial charge in [-0.25, -0.2) is 13.1 Å². The van der Waals surface area contributed by atoms with Crippen molar-refractivity contribution in [1.29, 1.82) is 0 Å². The second kappa shape index (κ2) is 9.11. The van der Waals surface area contributed by atoms with Crippen LogP contribution in [0.1, 0.15) is 43.4 Å². The van der Waals surface area contributed by atoms with Gasteiger partial charge >= 0.3 is 0 Å². The molecule has 0 spiro atoms. The zero-order valence-electron chi connectivity index (χ0n) is 16.1. The van der Waals surface area contributed by atoms with E-state index in [1.165, 1.54) is 4.90 Å². The lowest BCUT2D eigenvalue weighted by Crippen LogP contribution is -2.27. The average molecular weight is 419 g/mol. The van der Waals surface area contributed by atoms with E-state index in [0.29, 0.717) is 12.8 Å². The van der Waals surface area contributed by atoms with Gasteiger partial charge in [0.15, 0.2) is 0 Å². The average Bonchev–Trinajstić information content (AvgIpc) is 3.50. The molecule has 0 radical (unpaired) electrons. The smallest absolute Gasteiger partial charge is 0.240 e. The van der Waals surface area contributed by atoms with Crippen molar-refractivity contribution in [3.05, 3.63) is 59.7 Å². The molecule has 7 heteroatoms. The monoisotopic (exact) mass is 418 g/mol. The van der Waals surface area contributed by atoms with Crippen LogP contribution in [0.25, 0.3) is 0 Å². The van der Waals surface area contributed by atoms with E-state index in [9.17, 15) is 13.2 Å². The minimum absolute atomic E-state index is 0.0199. The second-order valence-corrected chi connectivity index (χ2v) is 9.70. The fourth-order valence-corrected chi connectivity index (χ4v) is 4.58. The van der Waals surface area contributed by atoms with E-state index in [2.05, 4.69) is 22.2 Å². The SMILES string of the molecule is CSc1ccc([C@H](C)NC(=O)CCc2ccc(S(=O)(=O)NC3CC3)cc2)cc1. The molecular formula is C21H26N2O3S2. The van der Waals surface area contributed by atoms with E-state index in [-0.39, 0.29) is 22.9 Å². The minimum Gasteiger partial charge on any atom is -0.350 e. The fourth-order valence-electron chi connectivity index (χ4n) is 2.87. The van der Waals surface area contributed by atoms with Crippen LogP contribution in [0.4, 0.5) is 0 Å². The topological polar surface area (TPSA) is 75.3 Å². The molecule has 5 nitrogen and oxygen atoms in total. The van der Waals surface area contributed by atoms with Crippen LogP contribution in [-0.4, -0.2) is 26.6 Å². The number of aryl methyl sites for hydroxylation is 1. The van der Waals surface area contributed by atoms with Gasteiger partial charge < -0.3 is 5.32 Å². The number of nitrogens with one attached hydrogen (secondary N) is 2. The third-order valence-corrected chi connectivity index (χ3v) is 7.05. The van der Waals surface area contributed by atoms with Crippen LogP contribution in [0.15, 0.2) is 58.3 Å². The number of thioether (sulfide) groups is 1. The molecule has 1 amide bonds. The molecule has 0 saturated heterocycles. The number of carbonyl (C=O) groups is 1. The molecule has 0 bridgehead atoms.